The standard InChI is InChI=1S/C18H15FN2O2S/c19-13-7-5-12(6-8-13)16-11-14(20-23-16)18(22)21-9-1-3-15(21)17-4-2-10-24-17/h2,4-8,10-11,15H,1,3,9H2. The number of benzene rings is 1. The smallest absolute Gasteiger partial charge is 0.276 e. The van der Waals surface area contributed by atoms with Gasteiger partial charge in [0.1, 0.15) is 5.82 Å². The first kappa shape index (κ1) is 15.1. The molecule has 1 saturated heterocycles. The molecule has 4 nitrogen and oxygen atoms in total. The van der Waals surface area contributed by atoms with Crippen molar-refractivity contribution in [2.75, 3.05) is 6.54 Å². The van der Waals surface area contributed by atoms with E-state index in [4.69, 9.17) is 4.52 Å². The Morgan fingerprint density at radius 3 is 2.88 bits per heavy atom. The highest BCUT2D eigenvalue weighted by Gasteiger charge is 2.32. The number of hydrogen-bond donors (Lipinski definition) is 0. The van der Waals surface area contributed by atoms with Gasteiger partial charge < -0.3 is 9.42 Å². The molecule has 1 unspecified atom stereocenters. The van der Waals surface area contributed by atoms with Gasteiger partial charge in [-0.2, -0.15) is 0 Å². The molecule has 0 aliphatic carbocycles. The summed E-state index contributed by atoms with van der Waals surface area (Å²) in [7, 11) is 0. The predicted octanol–water partition coefficient (Wildman–Crippen LogP) is 4.52. The van der Waals surface area contributed by atoms with Crippen LogP contribution in [-0.4, -0.2) is 22.5 Å². The number of rotatable bonds is 3. The summed E-state index contributed by atoms with van der Waals surface area (Å²) in [6.45, 7) is 0.722. The molecule has 0 N–H and O–H groups in total. The van der Waals surface area contributed by atoms with Gasteiger partial charge in [0.05, 0.1) is 6.04 Å². The minimum Gasteiger partial charge on any atom is -0.355 e. The van der Waals surface area contributed by atoms with Gasteiger partial charge in [-0.1, -0.05) is 11.2 Å². The molecule has 0 saturated carbocycles. The molecule has 122 valence electrons. The van der Waals surface area contributed by atoms with E-state index in [1.165, 1.54) is 17.0 Å². The lowest BCUT2D eigenvalue weighted by Gasteiger charge is -2.22. The molecule has 0 spiro atoms. The van der Waals surface area contributed by atoms with Crippen LogP contribution in [0.5, 0.6) is 0 Å². The highest BCUT2D eigenvalue weighted by Crippen LogP contribution is 2.35. The van der Waals surface area contributed by atoms with Crippen molar-refractivity contribution in [3.8, 4) is 11.3 Å². The maximum atomic E-state index is 13.0. The maximum absolute atomic E-state index is 13.0. The number of carbonyl (C=O) groups is 1. The van der Waals surface area contributed by atoms with Crippen molar-refractivity contribution in [1.29, 1.82) is 0 Å². The molecule has 24 heavy (non-hydrogen) atoms. The third-order valence-electron chi connectivity index (χ3n) is 4.24. The lowest BCUT2D eigenvalue weighted by atomic mass is 10.1. The van der Waals surface area contributed by atoms with Crippen LogP contribution in [0.3, 0.4) is 0 Å². The van der Waals surface area contributed by atoms with Crippen LogP contribution in [0.4, 0.5) is 4.39 Å². The summed E-state index contributed by atoms with van der Waals surface area (Å²) in [5.41, 5.74) is 0.983. The minimum absolute atomic E-state index is 0.114. The van der Waals surface area contributed by atoms with Crippen molar-refractivity contribution in [2.24, 2.45) is 0 Å². The van der Waals surface area contributed by atoms with Gasteiger partial charge >= 0.3 is 0 Å². The van der Waals surface area contributed by atoms with Gasteiger partial charge in [0.2, 0.25) is 0 Å². The molecule has 1 aliphatic rings. The topological polar surface area (TPSA) is 46.3 Å². The molecule has 3 heterocycles. The summed E-state index contributed by atoms with van der Waals surface area (Å²) in [6, 6.07) is 11.7. The second-order valence-electron chi connectivity index (χ2n) is 5.76. The molecule has 1 atom stereocenters. The summed E-state index contributed by atoms with van der Waals surface area (Å²) >= 11 is 1.67. The van der Waals surface area contributed by atoms with Crippen LogP contribution in [0.1, 0.15) is 34.2 Å². The zero-order valence-corrected chi connectivity index (χ0v) is 13.6. The molecule has 0 bridgehead atoms. The first-order valence-corrected chi connectivity index (χ1v) is 8.67. The van der Waals surface area contributed by atoms with Gasteiger partial charge in [-0.3, -0.25) is 4.79 Å². The number of halogens is 1. The molecule has 2 aromatic heterocycles. The third-order valence-corrected chi connectivity index (χ3v) is 5.22. The van der Waals surface area contributed by atoms with Crippen molar-refractivity contribution < 1.29 is 13.7 Å². The average molecular weight is 342 g/mol. The van der Waals surface area contributed by atoms with Gasteiger partial charge in [0.15, 0.2) is 11.5 Å². The van der Waals surface area contributed by atoms with Gasteiger partial charge in [-0.15, -0.1) is 11.3 Å². The second kappa shape index (κ2) is 6.20. The van der Waals surface area contributed by atoms with E-state index in [2.05, 4.69) is 11.2 Å². The van der Waals surface area contributed by atoms with Crippen molar-refractivity contribution in [3.63, 3.8) is 0 Å². The molecule has 1 aliphatic heterocycles. The SMILES string of the molecule is O=C(c1cc(-c2ccc(F)cc2)on1)N1CCCC1c1cccs1. The Labute approximate surface area is 142 Å². The molecule has 4 rings (SSSR count). The van der Waals surface area contributed by atoms with E-state index in [1.54, 1.807) is 29.5 Å². The highest BCUT2D eigenvalue weighted by atomic mass is 32.1. The van der Waals surface area contributed by atoms with Crippen LogP contribution in [0.2, 0.25) is 0 Å². The first-order valence-electron chi connectivity index (χ1n) is 7.79. The van der Waals surface area contributed by atoms with Crippen LogP contribution in [0, 0.1) is 5.82 Å². The van der Waals surface area contributed by atoms with Crippen molar-refractivity contribution in [2.45, 2.75) is 18.9 Å². The Morgan fingerprint density at radius 1 is 1.29 bits per heavy atom. The van der Waals surface area contributed by atoms with E-state index in [-0.39, 0.29) is 23.5 Å². The van der Waals surface area contributed by atoms with Crippen LogP contribution in [-0.2, 0) is 0 Å². The molecule has 1 fully saturated rings. The zero-order chi connectivity index (χ0) is 16.5. The summed E-state index contributed by atoms with van der Waals surface area (Å²) < 4.78 is 18.3. The number of carbonyl (C=O) groups excluding carboxylic acids is 1. The van der Waals surface area contributed by atoms with Crippen molar-refractivity contribution in [3.05, 3.63) is 64.2 Å². The number of hydrogen-bond acceptors (Lipinski definition) is 4. The third kappa shape index (κ3) is 2.73. The fourth-order valence-corrected chi connectivity index (χ4v) is 3.93. The van der Waals surface area contributed by atoms with Crippen LogP contribution >= 0.6 is 11.3 Å². The zero-order valence-electron chi connectivity index (χ0n) is 12.8. The van der Waals surface area contributed by atoms with Crippen molar-refractivity contribution >= 4 is 17.2 Å². The van der Waals surface area contributed by atoms with E-state index in [0.717, 1.165) is 19.4 Å². The highest BCUT2D eigenvalue weighted by molar-refractivity contribution is 7.10. The van der Waals surface area contributed by atoms with Crippen LogP contribution < -0.4 is 0 Å². The summed E-state index contributed by atoms with van der Waals surface area (Å²) in [4.78, 5) is 15.9. The molecule has 1 aromatic carbocycles. The lowest BCUT2D eigenvalue weighted by molar-refractivity contribution is 0.0727. The number of aromatic nitrogens is 1. The molecule has 0 radical (unpaired) electrons. The number of likely N-dealkylation sites (tertiary alicyclic amines) is 1. The molecule has 1 amide bonds. The fraction of sp³-hybridized carbons (Fsp3) is 0.222. The lowest BCUT2D eigenvalue weighted by Crippen LogP contribution is -2.30. The van der Waals surface area contributed by atoms with Gasteiger partial charge in [-0.05, 0) is 48.6 Å². The average Bonchev–Trinajstić information content (AvgIpc) is 3.34. The van der Waals surface area contributed by atoms with Crippen LogP contribution in [0.25, 0.3) is 11.3 Å². The van der Waals surface area contributed by atoms with E-state index in [1.807, 2.05) is 16.3 Å². The van der Waals surface area contributed by atoms with Gasteiger partial charge in [0, 0.05) is 23.1 Å². The van der Waals surface area contributed by atoms with E-state index in [0.29, 0.717) is 11.3 Å². The Morgan fingerprint density at radius 2 is 2.12 bits per heavy atom. The van der Waals surface area contributed by atoms with Gasteiger partial charge in [0.25, 0.3) is 5.91 Å². The predicted molar refractivity (Wildman–Crippen MR) is 89.2 cm³/mol. The molecular weight excluding hydrogens is 327 g/mol. The molecule has 3 aromatic rings. The number of nitrogens with zero attached hydrogens (tertiary/aromatic N) is 2. The van der Waals surface area contributed by atoms with E-state index in [9.17, 15) is 9.18 Å². The molecule has 6 heteroatoms. The Bertz CT molecular complexity index is 842. The second-order valence-corrected chi connectivity index (χ2v) is 6.73. The van der Waals surface area contributed by atoms with Gasteiger partial charge in [-0.25, -0.2) is 4.39 Å². The largest absolute Gasteiger partial charge is 0.355 e. The number of amides is 1. The quantitative estimate of drug-likeness (QED) is 0.703. The summed E-state index contributed by atoms with van der Waals surface area (Å²) in [6.07, 6.45) is 1.95. The normalized spacial score (nSPS) is 17.4. The maximum Gasteiger partial charge on any atom is 0.276 e. The Balaban J connectivity index is 1.57. The van der Waals surface area contributed by atoms with E-state index < -0.39 is 0 Å². The first-order chi connectivity index (χ1) is 11.7. The summed E-state index contributed by atoms with van der Waals surface area (Å²) in [5.74, 6) is 0.0265. The Hall–Kier alpha value is -2.47. The Kier molecular flexibility index (Phi) is 3.90. The fourth-order valence-electron chi connectivity index (χ4n) is 3.06. The van der Waals surface area contributed by atoms with Crippen molar-refractivity contribution in [1.82, 2.24) is 10.1 Å². The van der Waals surface area contributed by atoms with Crippen LogP contribution in [0.15, 0.2) is 52.4 Å². The monoisotopic (exact) mass is 342 g/mol. The minimum atomic E-state index is -0.314. The molecular formula is C18H15FN2O2S. The van der Waals surface area contributed by atoms with E-state index >= 15 is 0 Å². The summed E-state index contributed by atoms with van der Waals surface area (Å²) in [5, 5.41) is 5.95. The number of thiophene rings is 1.